The topological polar surface area (TPSA) is 49.4 Å². The van der Waals surface area contributed by atoms with Crippen molar-refractivity contribution in [3.63, 3.8) is 0 Å². The van der Waals surface area contributed by atoms with Crippen molar-refractivity contribution in [3.05, 3.63) is 104 Å². The fourth-order valence-electron chi connectivity index (χ4n) is 3.65. The van der Waals surface area contributed by atoms with Crippen molar-refractivity contribution in [2.75, 3.05) is 12.3 Å². The molecular weight excluding hydrogens is 558 g/mol. The Bertz CT molecular complexity index is 1190. The normalized spacial score (nSPS) is 11.7. The number of nitrogens with one attached hydrogen (secondary N) is 1. The molecule has 4 nitrogen and oxygen atoms in total. The Kier molecular flexibility index (Phi) is 11.3. The van der Waals surface area contributed by atoms with Gasteiger partial charge in [0, 0.05) is 35.3 Å². The maximum Gasteiger partial charge on any atom is 0.243 e. The van der Waals surface area contributed by atoms with Crippen LogP contribution in [-0.4, -0.2) is 35.1 Å². The van der Waals surface area contributed by atoms with E-state index in [1.54, 1.807) is 29.2 Å². The van der Waals surface area contributed by atoms with E-state index in [9.17, 15) is 9.59 Å². The predicted molar refractivity (Wildman–Crippen MR) is 152 cm³/mol. The van der Waals surface area contributed by atoms with Gasteiger partial charge in [-0.15, -0.1) is 11.8 Å². The van der Waals surface area contributed by atoms with Crippen LogP contribution in [-0.2, 0) is 28.3 Å². The van der Waals surface area contributed by atoms with Crippen LogP contribution in [0.25, 0.3) is 0 Å². The Hall–Kier alpha value is -1.89. The first-order chi connectivity index (χ1) is 17.3. The Morgan fingerprint density at radius 2 is 1.64 bits per heavy atom. The lowest BCUT2D eigenvalue weighted by Gasteiger charge is -2.31. The minimum absolute atomic E-state index is 0.164. The zero-order valence-electron chi connectivity index (χ0n) is 19.6. The van der Waals surface area contributed by atoms with Gasteiger partial charge in [-0.2, -0.15) is 0 Å². The summed E-state index contributed by atoms with van der Waals surface area (Å²) in [5, 5.41) is 4.82. The molecule has 9 heteroatoms. The van der Waals surface area contributed by atoms with Crippen LogP contribution in [0.5, 0.6) is 0 Å². The maximum atomic E-state index is 13.6. The second-order valence-electron chi connectivity index (χ2n) is 8.10. The van der Waals surface area contributed by atoms with E-state index < -0.39 is 6.04 Å². The van der Waals surface area contributed by atoms with E-state index in [0.29, 0.717) is 38.8 Å². The lowest BCUT2D eigenvalue weighted by atomic mass is 10.0. The number of hydrogen-bond acceptors (Lipinski definition) is 3. The van der Waals surface area contributed by atoms with Gasteiger partial charge in [0.05, 0.1) is 15.8 Å². The lowest BCUT2D eigenvalue weighted by molar-refractivity contribution is -0.139. The number of benzene rings is 3. The Labute approximate surface area is 236 Å². The van der Waals surface area contributed by atoms with Crippen molar-refractivity contribution in [1.82, 2.24) is 10.2 Å². The molecule has 0 saturated carbocycles. The molecule has 0 heterocycles. The molecule has 0 fully saturated rings. The molecule has 3 aromatic rings. The molecule has 0 aliphatic heterocycles. The summed E-state index contributed by atoms with van der Waals surface area (Å²) in [4.78, 5) is 28.4. The van der Waals surface area contributed by atoms with Gasteiger partial charge in [0.1, 0.15) is 6.04 Å². The smallest absolute Gasteiger partial charge is 0.243 e. The highest BCUT2D eigenvalue weighted by Crippen LogP contribution is 2.27. The van der Waals surface area contributed by atoms with Crippen molar-refractivity contribution >= 4 is 70.0 Å². The van der Waals surface area contributed by atoms with Gasteiger partial charge < -0.3 is 10.2 Å². The summed E-state index contributed by atoms with van der Waals surface area (Å²) in [6, 6.07) is 19.5. The molecule has 0 saturated heterocycles. The number of carbonyl (C=O) groups is 2. The van der Waals surface area contributed by atoms with Gasteiger partial charge in [0.25, 0.3) is 0 Å². The number of amides is 2. The summed E-state index contributed by atoms with van der Waals surface area (Å²) >= 11 is 26.0. The number of likely N-dealkylation sites (N-methyl/N-ethyl adjacent to an activating group) is 1. The number of carbonyl (C=O) groups excluding carboxylic acids is 2. The molecule has 0 aliphatic rings. The minimum Gasteiger partial charge on any atom is -0.355 e. The highest BCUT2D eigenvalue weighted by molar-refractivity contribution is 7.99. The first-order valence-corrected chi connectivity index (χ1v) is 14.0. The second kappa shape index (κ2) is 14.2. The van der Waals surface area contributed by atoms with Gasteiger partial charge in [-0.25, -0.2) is 0 Å². The quantitative estimate of drug-likeness (QED) is 0.257. The third-order valence-corrected chi connectivity index (χ3v) is 7.75. The second-order valence-corrected chi connectivity index (χ2v) is 10.7. The number of thioether (sulfide) groups is 1. The minimum atomic E-state index is -0.700. The van der Waals surface area contributed by atoms with E-state index in [1.807, 2.05) is 49.4 Å². The number of rotatable bonds is 11. The summed E-state index contributed by atoms with van der Waals surface area (Å²) in [5.74, 6) is 0.335. The standard InChI is InChI=1S/C27H26Cl4N2O2S/c1-2-32-27(35)25(13-18-6-4-3-5-7-18)33(15-19-8-11-22(29)24(31)12-19)26(34)17-36-16-20-9-10-21(28)14-23(20)30/h3-12,14,25H,2,13,15-17H2,1H3,(H,32,35). The molecule has 0 bridgehead atoms. The Morgan fingerprint density at radius 1 is 0.889 bits per heavy atom. The zero-order valence-corrected chi connectivity index (χ0v) is 23.5. The molecule has 36 heavy (non-hydrogen) atoms. The monoisotopic (exact) mass is 582 g/mol. The summed E-state index contributed by atoms with van der Waals surface area (Å²) in [5.41, 5.74) is 2.63. The van der Waals surface area contributed by atoms with Crippen molar-refractivity contribution in [1.29, 1.82) is 0 Å². The third kappa shape index (κ3) is 8.32. The SMILES string of the molecule is CCNC(=O)C(Cc1ccccc1)N(Cc1ccc(Cl)c(Cl)c1)C(=O)CSCc1ccc(Cl)cc1Cl. The van der Waals surface area contributed by atoms with Crippen LogP contribution in [0.15, 0.2) is 66.7 Å². The van der Waals surface area contributed by atoms with Crippen LogP contribution in [0.3, 0.4) is 0 Å². The molecular formula is C27H26Cl4N2O2S. The number of nitrogens with zero attached hydrogens (tertiary/aromatic N) is 1. The summed E-state index contributed by atoms with van der Waals surface area (Å²) in [6.07, 6.45) is 0.382. The van der Waals surface area contributed by atoms with Gasteiger partial charge in [-0.3, -0.25) is 9.59 Å². The highest BCUT2D eigenvalue weighted by Gasteiger charge is 2.30. The number of halogens is 4. The van der Waals surface area contributed by atoms with Crippen LogP contribution >= 0.6 is 58.2 Å². The molecule has 2 amide bonds. The fraction of sp³-hybridized carbons (Fsp3) is 0.259. The van der Waals surface area contributed by atoms with Crippen molar-refractivity contribution < 1.29 is 9.59 Å². The van der Waals surface area contributed by atoms with E-state index in [4.69, 9.17) is 46.4 Å². The molecule has 1 unspecified atom stereocenters. The van der Waals surface area contributed by atoms with Gasteiger partial charge in [0.15, 0.2) is 0 Å². The molecule has 1 atom stereocenters. The molecule has 0 aliphatic carbocycles. The highest BCUT2D eigenvalue weighted by atomic mass is 35.5. The molecule has 3 aromatic carbocycles. The molecule has 190 valence electrons. The molecule has 0 aromatic heterocycles. The van der Waals surface area contributed by atoms with Crippen LogP contribution in [0.1, 0.15) is 23.6 Å². The van der Waals surface area contributed by atoms with E-state index in [1.165, 1.54) is 11.8 Å². The predicted octanol–water partition coefficient (Wildman–Crippen LogP) is 7.31. The summed E-state index contributed by atoms with van der Waals surface area (Å²) in [6.45, 7) is 2.53. The van der Waals surface area contributed by atoms with Crippen LogP contribution in [0.4, 0.5) is 0 Å². The largest absolute Gasteiger partial charge is 0.355 e. The first kappa shape index (κ1) is 28.7. The van der Waals surface area contributed by atoms with Gasteiger partial charge >= 0.3 is 0 Å². The van der Waals surface area contributed by atoms with Gasteiger partial charge in [0.2, 0.25) is 11.8 Å². The van der Waals surface area contributed by atoms with Crippen LogP contribution < -0.4 is 5.32 Å². The lowest BCUT2D eigenvalue weighted by Crippen LogP contribution is -2.51. The average molecular weight is 584 g/mol. The Morgan fingerprint density at radius 3 is 2.31 bits per heavy atom. The zero-order chi connectivity index (χ0) is 26.1. The average Bonchev–Trinajstić information content (AvgIpc) is 2.85. The molecule has 3 rings (SSSR count). The summed E-state index contributed by atoms with van der Waals surface area (Å²) in [7, 11) is 0. The molecule has 1 N–H and O–H groups in total. The van der Waals surface area contributed by atoms with Crippen molar-refractivity contribution in [2.45, 2.75) is 31.7 Å². The van der Waals surface area contributed by atoms with E-state index >= 15 is 0 Å². The van der Waals surface area contributed by atoms with E-state index in [-0.39, 0.29) is 24.1 Å². The van der Waals surface area contributed by atoms with Crippen LogP contribution in [0, 0.1) is 0 Å². The van der Waals surface area contributed by atoms with E-state index in [0.717, 1.165) is 16.7 Å². The first-order valence-electron chi connectivity index (χ1n) is 11.3. The molecule has 0 radical (unpaired) electrons. The number of hydrogen-bond donors (Lipinski definition) is 1. The van der Waals surface area contributed by atoms with Crippen LogP contribution in [0.2, 0.25) is 20.1 Å². The molecule has 0 spiro atoms. The summed E-state index contributed by atoms with van der Waals surface area (Å²) < 4.78 is 0. The van der Waals surface area contributed by atoms with Gasteiger partial charge in [-0.05, 0) is 47.9 Å². The van der Waals surface area contributed by atoms with Gasteiger partial charge in [-0.1, -0.05) is 88.9 Å². The van der Waals surface area contributed by atoms with Crippen molar-refractivity contribution in [3.8, 4) is 0 Å². The Balaban J connectivity index is 1.85. The fourth-order valence-corrected chi connectivity index (χ4v) is 5.44. The van der Waals surface area contributed by atoms with E-state index in [2.05, 4.69) is 5.32 Å². The third-order valence-electron chi connectivity index (χ3n) is 5.46. The maximum absolute atomic E-state index is 13.6. The van der Waals surface area contributed by atoms with Crippen molar-refractivity contribution in [2.24, 2.45) is 0 Å².